The normalized spacial score (nSPS) is 17.3. The Hall–Kier alpha value is -3.53. The number of H-pyrrole nitrogens is 2. The van der Waals surface area contributed by atoms with Crippen LogP contribution in [0.3, 0.4) is 0 Å². The highest BCUT2D eigenvalue weighted by Gasteiger charge is 2.41. The van der Waals surface area contributed by atoms with Crippen LogP contribution in [0.1, 0.15) is 33.6 Å². The average molecular weight is 396 g/mol. The van der Waals surface area contributed by atoms with Gasteiger partial charge in [-0.1, -0.05) is 0 Å². The van der Waals surface area contributed by atoms with Gasteiger partial charge in [0.05, 0.1) is 34.7 Å². The lowest BCUT2D eigenvalue weighted by Crippen LogP contribution is -2.46. The number of hydrogen-bond donors (Lipinski definition) is 3. The number of rotatable bonds is 2. The molecule has 0 aliphatic carbocycles. The third kappa shape index (κ3) is 3.27. The first-order chi connectivity index (χ1) is 14.0. The van der Waals surface area contributed by atoms with Gasteiger partial charge in [0.15, 0.2) is 5.82 Å². The van der Waals surface area contributed by atoms with Gasteiger partial charge in [0, 0.05) is 6.04 Å². The van der Waals surface area contributed by atoms with Gasteiger partial charge in [-0.25, -0.2) is 9.97 Å². The van der Waals surface area contributed by atoms with Crippen molar-refractivity contribution in [2.24, 2.45) is 0 Å². The highest BCUT2D eigenvalue weighted by molar-refractivity contribution is 6.23. The number of benzene rings is 1. The third-order valence-electron chi connectivity index (χ3n) is 5.33. The quantitative estimate of drug-likeness (QED) is 0.439. The summed E-state index contributed by atoms with van der Waals surface area (Å²) >= 11 is 0. The Morgan fingerprint density at radius 1 is 1.17 bits per heavy atom. The number of aromatic nitrogens is 4. The van der Waals surface area contributed by atoms with Crippen LogP contribution < -0.4 is 0 Å². The van der Waals surface area contributed by atoms with E-state index in [4.69, 9.17) is 9.90 Å². The van der Waals surface area contributed by atoms with Gasteiger partial charge in [-0.2, -0.15) is 0 Å². The Morgan fingerprint density at radius 2 is 1.83 bits per heavy atom. The topological polar surface area (TPSA) is 135 Å². The van der Waals surface area contributed by atoms with Crippen molar-refractivity contribution < 1.29 is 19.5 Å². The number of hydrogen-bond acceptors (Lipinski definition) is 6. The van der Waals surface area contributed by atoms with Crippen molar-refractivity contribution in [2.75, 3.05) is 20.1 Å². The second-order valence-electron chi connectivity index (χ2n) is 7.09. The SMILES string of the molecule is CN1CCC(N2C(=O)c3cc4nc(-c5cnc[nH]5)[nH]c4cc3C2=O)CC1.O=CO. The number of carboxylic acid groups (broad SMARTS) is 1. The molecule has 2 aliphatic rings. The number of fused-ring (bicyclic) bond motifs is 2. The minimum atomic E-state index is -0.250. The molecule has 2 aliphatic heterocycles. The van der Waals surface area contributed by atoms with E-state index in [-0.39, 0.29) is 24.3 Å². The lowest BCUT2D eigenvalue weighted by molar-refractivity contribution is -0.122. The molecule has 10 heteroatoms. The van der Waals surface area contributed by atoms with Crippen molar-refractivity contribution in [2.45, 2.75) is 18.9 Å². The van der Waals surface area contributed by atoms with Crippen molar-refractivity contribution in [3.8, 4) is 11.5 Å². The number of carbonyl (C=O) groups is 3. The zero-order valence-corrected chi connectivity index (χ0v) is 15.8. The Bertz CT molecular complexity index is 1010. The smallest absolute Gasteiger partial charge is 0.290 e. The maximum Gasteiger partial charge on any atom is 0.290 e. The first kappa shape index (κ1) is 18.8. The summed E-state index contributed by atoms with van der Waals surface area (Å²) in [5.41, 5.74) is 3.07. The summed E-state index contributed by atoms with van der Waals surface area (Å²) in [4.78, 5) is 52.5. The number of aromatic amines is 2. The summed E-state index contributed by atoms with van der Waals surface area (Å²) in [6.07, 6.45) is 4.89. The zero-order valence-electron chi connectivity index (χ0n) is 15.8. The Balaban J connectivity index is 0.000000645. The summed E-state index contributed by atoms with van der Waals surface area (Å²) in [6.45, 7) is 1.54. The molecule has 3 N–H and O–H groups in total. The van der Waals surface area contributed by atoms with Crippen molar-refractivity contribution in [3.05, 3.63) is 35.8 Å². The number of nitrogens with zero attached hydrogens (tertiary/aromatic N) is 4. The molecule has 1 fully saturated rings. The second kappa shape index (κ2) is 7.47. The highest BCUT2D eigenvalue weighted by Crippen LogP contribution is 2.31. The molecule has 29 heavy (non-hydrogen) atoms. The highest BCUT2D eigenvalue weighted by atomic mass is 16.3. The standard InChI is InChI=1S/C18H18N6O2.CH2O2/c1-23-4-2-10(3-5-23)24-17(25)11-6-13-14(7-12(11)18(24)26)22-16(21-13)15-8-19-9-20-15;2-1-3/h6-10H,2-5H2,1H3,(H,19,20)(H,21,22);1H,(H,2,3). The van der Waals surface area contributed by atoms with Crippen LogP contribution in [0.25, 0.3) is 22.6 Å². The molecule has 2 amide bonds. The molecule has 0 unspecified atom stereocenters. The summed E-state index contributed by atoms with van der Waals surface area (Å²) in [7, 11) is 2.06. The van der Waals surface area contributed by atoms with E-state index in [0.29, 0.717) is 22.5 Å². The molecule has 0 radical (unpaired) electrons. The molecular formula is C19H20N6O4. The molecule has 4 heterocycles. The van der Waals surface area contributed by atoms with Crippen LogP contribution in [0.5, 0.6) is 0 Å². The Kier molecular flexibility index (Phi) is 4.85. The van der Waals surface area contributed by atoms with Crippen molar-refractivity contribution in [1.82, 2.24) is 29.7 Å². The van der Waals surface area contributed by atoms with Gasteiger partial charge in [-0.3, -0.25) is 19.3 Å². The van der Waals surface area contributed by atoms with Gasteiger partial charge in [0.25, 0.3) is 18.3 Å². The van der Waals surface area contributed by atoms with Crippen LogP contribution >= 0.6 is 0 Å². The summed E-state index contributed by atoms with van der Waals surface area (Å²) < 4.78 is 0. The van der Waals surface area contributed by atoms with Gasteiger partial charge < -0.3 is 20.0 Å². The molecule has 5 rings (SSSR count). The molecule has 0 spiro atoms. The van der Waals surface area contributed by atoms with Crippen LogP contribution in [0.4, 0.5) is 0 Å². The van der Waals surface area contributed by atoms with Crippen molar-refractivity contribution in [3.63, 3.8) is 0 Å². The zero-order chi connectivity index (χ0) is 20.5. The van der Waals surface area contributed by atoms with Crippen LogP contribution in [0.2, 0.25) is 0 Å². The van der Waals surface area contributed by atoms with E-state index in [1.165, 1.54) is 4.90 Å². The van der Waals surface area contributed by atoms with Crippen LogP contribution in [-0.4, -0.2) is 79.3 Å². The van der Waals surface area contributed by atoms with E-state index in [2.05, 4.69) is 31.9 Å². The number of imide groups is 1. The molecule has 2 aromatic heterocycles. The monoisotopic (exact) mass is 396 g/mol. The number of piperidine rings is 1. The predicted molar refractivity (Wildman–Crippen MR) is 103 cm³/mol. The van der Waals surface area contributed by atoms with E-state index < -0.39 is 0 Å². The molecule has 1 aromatic carbocycles. The lowest BCUT2D eigenvalue weighted by atomic mass is 10.0. The van der Waals surface area contributed by atoms with Crippen LogP contribution in [-0.2, 0) is 4.79 Å². The number of likely N-dealkylation sites (tertiary alicyclic amines) is 1. The Morgan fingerprint density at radius 3 is 2.45 bits per heavy atom. The largest absolute Gasteiger partial charge is 0.483 e. The van der Waals surface area contributed by atoms with Gasteiger partial charge in [-0.05, 0) is 45.1 Å². The van der Waals surface area contributed by atoms with Gasteiger partial charge in [0.2, 0.25) is 0 Å². The molecule has 150 valence electrons. The fraction of sp³-hybridized carbons (Fsp3) is 0.316. The first-order valence-corrected chi connectivity index (χ1v) is 9.20. The maximum atomic E-state index is 12.9. The van der Waals surface area contributed by atoms with Gasteiger partial charge in [0.1, 0.15) is 5.69 Å². The van der Waals surface area contributed by atoms with E-state index >= 15 is 0 Å². The molecule has 0 atom stereocenters. The third-order valence-corrected chi connectivity index (χ3v) is 5.33. The van der Waals surface area contributed by atoms with E-state index in [1.807, 2.05) is 0 Å². The minimum Gasteiger partial charge on any atom is -0.483 e. The van der Waals surface area contributed by atoms with E-state index in [1.54, 1.807) is 24.7 Å². The predicted octanol–water partition coefficient (Wildman–Crippen LogP) is 1.34. The second-order valence-corrected chi connectivity index (χ2v) is 7.09. The fourth-order valence-corrected chi connectivity index (χ4v) is 3.86. The number of carbonyl (C=O) groups excluding carboxylic acids is 2. The molecule has 0 bridgehead atoms. The molecule has 0 saturated carbocycles. The minimum absolute atomic E-state index is 0.0227. The van der Waals surface area contributed by atoms with Crippen molar-refractivity contribution >= 4 is 29.3 Å². The Labute approximate surface area is 165 Å². The van der Waals surface area contributed by atoms with Crippen LogP contribution in [0.15, 0.2) is 24.7 Å². The lowest BCUT2D eigenvalue weighted by Gasteiger charge is -2.33. The van der Waals surface area contributed by atoms with E-state index in [9.17, 15) is 9.59 Å². The fourth-order valence-electron chi connectivity index (χ4n) is 3.86. The van der Waals surface area contributed by atoms with Crippen LogP contribution in [0, 0.1) is 0 Å². The summed E-state index contributed by atoms with van der Waals surface area (Å²) in [5.74, 6) is 0.236. The van der Waals surface area contributed by atoms with Gasteiger partial charge in [-0.15, -0.1) is 0 Å². The summed E-state index contributed by atoms with van der Waals surface area (Å²) in [6, 6.07) is 3.44. The first-order valence-electron chi connectivity index (χ1n) is 9.20. The number of nitrogens with one attached hydrogen (secondary N) is 2. The van der Waals surface area contributed by atoms with Gasteiger partial charge >= 0.3 is 0 Å². The van der Waals surface area contributed by atoms with E-state index in [0.717, 1.165) is 37.1 Å². The molecule has 1 saturated heterocycles. The van der Waals surface area contributed by atoms with Crippen molar-refractivity contribution in [1.29, 1.82) is 0 Å². The number of amides is 2. The molecule has 3 aromatic rings. The maximum absolute atomic E-state index is 12.9. The number of imidazole rings is 2. The summed E-state index contributed by atoms with van der Waals surface area (Å²) in [5, 5.41) is 6.89. The average Bonchev–Trinajstić information content (AvgIpc) is 3.42. The molecular weight excluding hydrogens is 376 g/mol. The molecule has 10 nitrogen and oxygen atoms in total.